The molecule has 1 aliphatic rings. The number of para-hydroxylation sites is 1. The molecule has 7 heteroatoms. The third-order valence-corrected chi connectivity index (χ3v) is 5.28. The van der Waals surface area contributed by atoms with Crippen molar-refractivity contribution in [3.05, 3.63) is 72.0 Å². The predicted octanol–water partition coefficient (Wildman–Crippen LogP) is 4.08. The maximum atomic E-state index is 12.9. The van der Waals surface area contributed by atoms with Crippen molar-refractivity contribution in [2.24, 2.45) is 0 Å². The second-order valence-electron chi connectivity index (χ2n) is 7.36. The average molecular weight is 404 g/mol. The minimum absolute atomic E-state index is 0.00352. The lowest BCUT2D eigenvalue weighted by Gasteiger charge is -2.32. The lowest BCUT2D eigenvalue weighted by atomic mass is 10.0. The molecule has 1 aromatic heterocycles. The van der Waals surface area contributed by atoms with E-state index >= 15 is 0 Å². The highest BCUT2D eigenvalue weighted by molar-refractivity contribution is 6.01. The van der Waals surface area contributed by atoms with Gasteiger partial charge < -0.3 is 20.1 Å². The first-order chi connectivity index (χ1) is 14.6. The third kappa shape index (κ3) is 4.35. The summed E-state index contributed by atoms with van der Waals surface area (Å²) in [5.41, 5.74) is 2.62. The molecule has 1 aliphatic heterocycles. The zero-order valence-electron chi connectivity index (χ0n) is 16.8. The Balaban J connectivity index is 1.35. The Bertz CT molecular complexity index is 1010. The van der Waals surface area contributed by atoms with Crippen molar-refractivity contribution in [1.82, 2.24) is 15.4 Å². The van der Waals surface area contributed by atoms with Crippen LogP contribution in [0.2, 0.25) is 0 Å². The van der Waals surface area contributed by atoms with Gasteiger partial charge in [0.2, 0.25) is 0 Å². The number of nitrogens with zero attached hydrogens (tertiary/aromatic N) is 2. The number of aromatic nitrogens is 1. The number of urea groups is 1. The number of likely N-dealkylation sites (tertiary alicyclic amines) is 1. The summed E-state index contributed by atoms with van der Waals surface area (Å²) in [5, 5.41) is 10.1. The molecule has 7 nitrogen and oxygen atoms in total. The minimum atomic E-state index is -0.195. The van der Waals surface area contributed by atoms with Crippen LogP contribution in [0.15, 0.2) is 65.2 Å². The Morgan fingerprint density at radius 2 is 1.63 bits per heavy atom. The molecule has 2 N–H and O–H groups in total. The largest absolute Gasteiger partial charge is 0.360 e. The van der Waals surface area contributed by atoms with Crippen LogP contribution < -0.4 is 10.6 Å². The van der Waals surface area contributed by atoms with Gasteiger partial charge >= 0.3 is 6.03 Å². The number of hydrogen-bond acceptors (Lipinski definition) is 4. The number of nitrogens with one attached hydrogen (secondary N) is 2. The van der Waals surface area contributed by atoms with Gasteiger partial charge in [-0.15, -0.1) is 0 Å². The van der Waals surface area contributed by atoms with E-state index in [0.717, 1.165) is 11.3 Å². The second-order valence-corrected chi connectivity index (χ2v) is 7.36. The molecule has 0 saturated carbocycles. The normalized spacial score (nSPS) is 14.4. The van der Waals surface area contributed by atoms with Crippen LogP contribution in [0.1, 0.15) is 29.0 Å². The van der Waals surface area contributed by atoms with Crippen LogP contribution >= 0.6 is 0 Å². The van der Waals surface area contributed by atoms with Crippen molar-refractivity contribution in [3.8, 4) is 11.3 Å². The van der Waals surface area contributed by atoms with Gasteiger partial charge in [0.1, 0.15) is 17.0 Å². The quantitative estimate of drug-likeness (QED) is 0.686. The Hall–Kier alpha value is -3.61. The number of piperidine rings is 1. The summed E-state index contributed by atoms with van der Waals surface area (Å²) in [6, 6.07) is 18.8. The Morgan fingerprint density at radius 1 is 1.00 bits per heavy atom. The number of benzene rings is 2. The number of aryl methyl sites for hydroxylation is 1. The first-order valence-corrected chi connectivity index (χ1v) is 10.1. The van der Waals surface area contributed by atoms with Crippen LogP contribution in [0.25, 0.3) is 11.3 Å². The SMILES string of the molecule is Cc1onc(-c2ccccc2)c1C(=O)NC1CCN(C(=O)Nc2ccccc2)CC1. The summed E-state index contributed by atoms with van der Waals surface area (Å²) in [7, 11) is 0. The fourth-order valence-corrected chi connectivity index (χ4v) is 3.64. The number of rotatable bonds is 4. The van der Waals surface area contributed by atoms with E-state index in [-0.39, 0.29) is 18.0 Å². The van der Waals surface area contributed by atoms with Crippen molar-refractivity contribution >= 4 is 17.6 Å². The van der Waals surface area contributed by atoms with E-state index in [4.69, 9.17) is 4.52 Å². The maximum absolute atomic E-state index is 12.9. The van der Waals surface area contributed by atoms with E-state index in [0.29, 0.717) is 42.9 Å². The summed E-state index contributed by atoms with van der Waals surface area (Å²) in [5.74, 6) is 0.297. The van der Waals surface area contributed by atoms with E-state index in [9.17, 15) is 9.59 Å². The Labute approximate surface area is 175 Å². The Kier molecular flexibility index (Phi) is 5.79. The van der Waals surface area contributed by atoms with Gasteiger partial charge in [0.05, 0.1) is 0 Å². The maximum Gasteiger partial charge on any atom is 0.321 e. The van der Waals surface area contributed by atoms with E-state index < -0.39 is 0 Å². The van der Waals surface area contributed by atoms with Gasteiger partial charge in [-0.3, -0.25) is 4.79 Å². The third-order valence-electron chi connectivity index (χ3n) is 5.28. The molecule has 1 saturated heterocycles. The van der Waals surface area contributed by atoms with Gasteiger partial charge in [-0.2, -0.15) is 0 Å². The Morgan fingerprint density at radius 3 is 2.30 bits per heavy atom. The van der Waals surface area contributed by atoms with E-state index in [2.05, 4.69) is 15.8 Å². The summed E-state index contributed by atoms with van der Waals surface area (Å²) >= 11 is 0. The summed E-state index contributed by atoms with van der Waals surface area (Å²) in [6.07, 6.45) is 1.39. The standard InChI is InChI=1S/C23H24N4O3/c1-16-20(21(26-30-16)17-8-4-2-5-9-17)22(28)24-19-12-14-27(15-13-19)23(29)25-18-10-6-3-7-11-18/h2-11,19H,12-15H2,1H3,(H,24,28)(H,25,29). The van der Waals surface area contributed by atoms with Crippen LogP contribution in [0.3, 0.4) is 0 Å². The lowest BCUT2D eigenvalue weighted by Crippen LogP contribution is -2.47. The molecule has 154 valence electrons. The monoisotopic (exact) mass is 404 g/mol. The molecule has 0 radical (unpaired) electrons. The molecule has 30 heavy (non-hydrogen) atoms. The van der Waals surface area contributed by atoms with Gasteiger partial charge in [-0.1, -0.05) is 53.7 Å². The molecule has 2 aromatic carbocycles. The zero-order valence-corrected chi connectivity index (χ0v) is 16.8. The minimum Gasteiger partial charge on any atom is -0.360 e. The van der Waals surface area contributed by atoms with Crippen LogP contribution in [0.5, 0.6) is 0 Å². The molecule has 0 atom stereocenters. The van der Waals surface area contributed by atoms with Crippen molar-refractivity contribution < 1.29 is 14.1 Å². The number of carbonyl (C=O) groups excluding carboxylic acids is 2. The molecule has 0 bridgehead atoms. The first kappa shape index (κ1) is 19.7. The van der Waals surface area contributed by atoms with Crippen LogP contribution in [0, 0.1) is 6.92 Å². The van der Waals surface area contributed by atoms with Crippen molar-refractivity contribution in [2.75, 3.05) is 18.4 Å². The molecule has 1 fully saturated rings. The van der Waals surface area contributed by atoms with Crippen molar-refractivity contribution in [2.45, 2.75) is 25.8 Å². The van der Waals surface area contributed by atoms with Gasteiger partial charge in [0.15, 0.2) is 0 Å². The van der Waals surface area contributed by atoms with Crippen molar-refractivity contribution in [3.63, 3.8) is 0 Å². The lowest BCUT2D eigenvalue weighted by molar-refractivity contribution is 0.0918. The molecule has 0 spiro atoms. The molecule has 0 unspecified atom stereocenters. The molecular formula is C23H24N4O3. The average Bonchev–Trinajstić information content (AvgIpc) is 3.17. The van der Waals surface area contributed by atoms with E-state index in [1.165, 1.54) is 0 Å². The van der Waals surface area contributed by atoms with E-state index in [1.807, 2.05) is 60.7 Å². The summed E-state index contributed by atoms with van der Waals surface area (Å²) in [6.45, 7) is 2.90. The van der Waals surface area contributed by atoms with Crippen LogP contribution in [0.4, 0.5) is 10.5 Å². The topological polar surface area (TPSA) is 87.5 Å². The molecule has 3 amide bonds. The number of amides is 3. The number of carbonyl (C=O) groups is 2. The van der Waals surface area contributed by atoms with Gasteiger partial charge in [-0.05, 0) is 31.9 Å². The smallest absolute Gasteiger partial charge is 0.321 e. The number of hydrogen-bond donors (Lipinski definition) is 2. The van der Waals surface area contributed by atoms with E-state index in [1.54, 1.807) is 11.8 Å². The summed E-state index contributed by atoms with van der Waals surface area (Å²) in [4.78, 5) is 27.2. The number of anilines is 1. The van der Waals surface area contributed by atoms with Crippen molar-refractivity contribution in [1.29, 1.82) is 0 Å². The van der Waals surface area contributed by atoms with Crippen LogP contribution in [-0.4, -0.2) is 41.1 Å². The summed E-state index contributed by atoms with van der Waals surface area (Å²) < 4.78 is 5.29. The molecular weight excluding hydrogens is 380 g/mol. The van der Waals surface area contributed by atoms with Gasteiger partial charge in [0.25, 0.3) is 5.91 Å². The predicted molar refractivity (Wildman–Crippen MR) is 114 cm³/mol. The second kappa shape index (κ2) is 8.82. The highest BCUT2D eigenvalue weighted by atomic mass is 16.5. The van der Waals surface area contributed by atoms with Crippen LogP contribution in [-0.2, 0) is 0 Å². The molecule has 4 rings (SSSR count). The highest BCUT2D eigenvalue weighted by Crippen LogP contribution is 2.25. The highest BCUT2D eigenvalue weighted by Gasteiger charge is 2.27. The molecule has 3 aromatic rings. The molecule has 0 aliphatic carbocycles. The fraction of sp³-hybridized carbons (Fsp3) is 0.261. The zero-order chi connectivity index (χ0) is 20.9. The molecule has 2 heterocycles. The first-order valence-electron chi connectivity index (χ1n) is 10.1. The van der Waals surface area contributed by atoms with Gasteiger partial charge in [-0.25, -0.2) is 4.79 Å². The fourth-order valence-electron chi connectivity index (χ4n) is 3.64. The van der Waals surface area contributed by atoms with Gasteiger partial charge in [0, 0.05) is 30.4 Å².